The number of ketones is 1. The Labute approximate surface area is 101 Å². The van der Waals surface area contributed by atoms with Gasteiger partial charge in [-0.15, -0.1) is 11.8 Å². The summed E-state index contributed by atoms with van der Waals surface area (Å²) in [6.07, 6.45) is -3.33. The Morgan fingerprint density at radius 2 is 2.18 bits per heavy atom. The zero-order chi connectivity index (χ0) is 12.6. The largest absolute Gasteiger partial charge is 0.416 e. The average molecular weight is 260 g/mol. The minimum Gasteiger partial charge on any atom is -0.300 e. The first-order valence-electron chi connectivity index (χ1n) is 5.22. The highest BCUT2D eigenvalue weighted by molar-refractivity contribution is 8.00. The van der Waals surface area contributed by atoms with Crippen LogP contribution in [-0.2, 0) is 17.4 Å². The molecule has 1 atom stereocenters. The SMILES string of the molecule is CC(=O)CC1Cc2cc(C(F)(F)F)ccc2S1. The molecule has 0 saturated carbocycles. The molecule has 0 radical (unpaired) electrons. The number of benzene rings is 1. The zero-order valence-corrected chi connectivity index (χ0v) is 9.99. The molecule has 1 aromatic carbocycles. The maximum atomic E-state index is 12.5. The molecule has 1 aliphatic heterocycles. The van der Waals surface area contributed by atoms with E-state index in [4.69, 9.17) is 0 Å². The number of hydrogen-bond acceptors (Lipinski definition) is 2. The highest BCUT2D eigenvalue weighted by Crippen LogP contribution is 2.41. The van der Waals surface area contributed by atoms with Crippen LogP contribution < -0.4 is 0 Å². The molecular formula is C12H11F3OS. The molecule has 1 aliphatic rings. The van der Waals surface area contributed by atoms with Crippen molar-refractivity contribution in [1.29, 1.82) is 0 Å². The summed E-state index contributed by atoms with van der Waals surface area (Å²) in [7, 11) is 0. The lowest BCUT2D eigenvalue weighted by Crippen LogP contribution is -2.07. The van der Waals surface area contributed by atoms with Crippen LogP contribution in [0.5, 0.6) is 0 Å². The monoisotopic (exact) mass is 260 g/mol. The zero-order valence-electron chi connectivity index (χ0n) is 9.17. The second-order valence-electron chi connectivity index (χ2n) is 4.17. The van der Waals surface area contributed by atoms with Crippen molar-refractivity contribution in [3.63, 3.8) is 0 Å². The van der Waals surface area contributed by atoms with E-state index in [2.05, 4.69) is 0 Å². The number of rotatable bonds is 2. The van der Waals surface area contributed by atoms with Gasteiger partial charge in [-0.2, -0.15) is 13.2 Å². The molecular weight excluding hydrogens is 249 g/mol. The van der Waals surface area contributed by atoms with E-state index in [1.165, 1.54) is 30.8 Å². The lowest BCUT2D eigenvalue weighted by atomic mass is 10.0. The number of halogens is 3. The molecule has 0 spiro atoms. The fraction of sp³-hybridized carbons (Fsp3) is 0.417. The Morgan fingerprint density at radius 3 is 2.76 bits per heavy atom. The summed E-state index contributed by atoms with van der Waals surface area (Å²) in [6, 6.07) is 3.80. The molecule has 5 heteroatoms. The molecule has 0 aromatic heterocycles. The summed E-state index contributed by atoms with van der Waals surface area (Å²) in [5.41, 5.74) is 0.0939. The molecule has 0 saturated heterocycles. The Balaban J connectivity index is 2.19. The summed E-state index contributed by atoms with van der Waals surface area (Å²) >= 11 is 1.50. The number of alkyl halides is 3. The van der Waals surface area contributed by atoms with Gasteiger partial charge in [0.2, 0.25) is 0 Å². The number of carbonyl (C=O) groups is 1. The van der Waals surface area contributed by atoms with Crippen molar-refractivity contribution in [1.82, 2.24) is 0 Å². The molecule has 1 nitrogen and oxygen atoms in total. The molecule has 0 N–H and O–H groups in total. The smallest absolute Gasteiger partial charge is 0.300 e. The van der Waals surface area contributed by atoms with Crippen LogP contribution in [0.1, 0.15) is 24.5 Å². The predicted octanol–water partition coefficient (Wildman–Crippen LogP) is 3.70. The summed E-state index contributed by atoms with van der Waals surface area (Å²) in [4.78, 5) is 11.8. The number of carbonyl (C=O) groups excluding carboxylic acids is 1. The summed E-state index contributed by atoms with van der Waals surface area (Å²) in [6.45, 7) is 1.50. The fourth-order valence-corrected chi connectivity index (χ4v) is 3.31. The third-order valence-electron chi connectivity index (χ3n) is 2.64. The number of hydrogen-bond donors (Lipinski definition) is 0. The van der Waals surface area contributed by atoms with Crippen molar-refractivity contribution in [2.24, 2.45) is 0 Å². The van der Waals surface area contributed by atoms with Crippen LogP contribution in [0, 0.1) is 0 Å². The first-order valence-corrected chi connectivity index (χ1v) is 6.10. The lowest BCUT2D eigenvalue weighted by molar-refractivity contribution is -0.137. The minimum atomic E-state index is -4.29. The van der Waals surface area contributed by atoms with Crippen molar-refractivity contribution in [3.8, 4) is 0 Å². The van der Waals surface area contributed by atoms with E-state index in [1.54, 1.807) is 0 Å². The number of fused-ring (bicyclic) bond motifs is 1. The quantitative estimate of drug-likeness (QED) is 0.806. The molecule has 2 rings (SSSR count). The molecule has 0 amide bonds. The Kier molecular flexibility index (Phi) is 3.21. The number of thioether (sulfide) groups is 1. The van der Waals surface area contributed by atoms with Crippen LogP contribution in [0.15, 0.2) is 23.1 Å². The predicted molar refractivity (Wildman–Crippen MR) is 60.1 cm³/mol. The first kappa shape index (κ1) is 12.5. The van der Waals surface area contributed by atoms with Crippen LogP contribution in [0.4, 0.5) is 13.2 Å². The van der Waals surface area contributed by atoms with Gasteiger partial charge in [0.05, 0.1) is 5.56 Å². The minimum absolute atomic E-state index is 0.0753. The van der Waals surface area contributed by atoms with Crippen LogP contribution in [-0.4, -0.2) is 11.0 Å². The van der Waals surface area contributed by atoms with E-state index < -0.39 is 11.7 Å². The Morgan fingerprint density at radius 1 is 1.47 bits per heavy atom. The third-order valence-corrected chi connectivity index (χ3v) is 3.96. The van der Waals surface area contributed by atoms with Gasteiger partial charge in [-0.3, -0.25) is 4.79 Å². The van der Waals surface area contributed by atoms with E-state index >= 15 is 0 Å². The Hall–Kier alpha value is -0.970. The van der Waals surface area contributed by atoms with E-state index in [-0.39, 0.29) is 11.0 Å². The fourth-order valence-electron chi connectivity index (χ4n) is 1.93. The van der Waals surface area contributed by atoms with Crippen LogP contribution in [0.3, 0.4) is 0 Å². The topological polar surface area (TPSA) is 17.1 Å². The maximum absolute atomic E-state index is 12.5. The Bertz CT molecular complexity index is 454. The van der Waals surface area contributed by atoms with Crippen molar-refractivity contribution in [2.45, 2.75) is 36.1 Å². The van der Waals surface area contributed by atoms with E-state index in [0.717, 1.165) is 11.0 Å². The summed E-state index contributed by atoms with van der Waals surface area (Å²) < 4.78 is 37.5. The van der Waals surface area contributed by atoms with Crippen LogP contribution in [0.25, 0.3) is 0 Å². The summed E-state index contributed by atoms with van der Waals surface area (Å²) in [5, 5.41) is 0.0889. The molecule has 92 valence electrons. The van der Waals surface area contributed by atoms with Gasteiger partial charge in [0.25, 0.3) is 0 Å². The highest BCUT2D eigenvalue weighted by Gasteiger charge is 2.32. The van der Waals surface area contributed by atoms with E-state index in [0.29, 0.717) is 18.4 Å². The summed E-state index contributed by atoms with van der Waals surface area (Å²) in [5.74, 6) is 0.0753. The second-order valence-corrected chi connectivity index (χ2v) is 5.51. The van der Waals surface area contributed by atoms with Crippen molar-refractivity contribution in [2.75, 3.05) is 0 Å². The van der Waals surface area contributed by atoms with Gasteiger partial charge in [0, 0.05) is 16.6 Å². The van der Waals surface area contributed by atoms with Crippen molar-refractivity contribution in [3.05, 3.63) is 29.3 Å². The normalized spacial score (nSPS) is 19.2. The standard InChI is InChI=1S/C12H11F3OS/c1-7(16)4-10-6-8-5-9(12(13,14)15)2-3-11(8)17-10/h2-3,5,10H,4,6H2,1H3. The van der Waals surface area contributed by atoms with Crippen molar-refractivity contribution >= 4 is 17.5 Å². The third kappa shape index (κ3) is 2.83. The molecule has 17 heavy (non-hydrogen) atoms. The van der Waals surface area contributed by atoms with Gasteiger partial charge in [-0.25, -0.2) is 0 Å². The molecule has 0 bridgehead atoms. The van der Waals surface area contributed by atoms with Gasteiger partial charge >= 0.3 is 6.18 Å². The van der Waals surface area contributed by atoms with Crippen LogP contribution in [0.2, 0.25) is 0 Å². The van der Waals surface area contributed by atoms with Gasteiger partial charge in [0.15, 0.2) is 0 Å². The van der Waals surface area contributed by atoms with Crippen LogP contribution >= 0.6 is 11.8 Å². The maximum Gasteiger partial charge on any atom is 0.416 e. The number of Topliss-reactive ketones (excluding diaryl/α,β-unsaturated/α-hetero) is 1. The first-order chi connectivity index (χ1) is 7.86. The molecule has 1 heterocycles. The second kappa shape index (κ2) is 4.37. The molecule has 0 fully saturated rings. The van der Waals surface area contributed by atoms with Gasteiger partial charge in [-0.1, -0.05) is 0 Å². The molecule has 1 aromatic rings. The van der Waals surface area contributed by atoms with E-state index in [1.807, 2.05) is 0 Å². The van der Waals surface area contributed by atoms with E-state index in [9.17, 15) is 18.0 Å². The van der Waals surface area contributed by atoms with Gasteiger partial charge in [0.1, 0.15) is 5.78 Å². The highest BCUT2D eigenvalue weighted by atomic mass is 32.2. The average Bonchev–Trinajstić information content (AvgIpc) is 2.55. The van der Waals surface area contributed by atoms with Gasteiger partial charge < -0.3 is 0 Å². The van der Waals surface area contributed by atoms with Gasteiger partial charge in [-0.05, 0) is 37.1 Å². The molecule has 1 unspecified atom stereocenters. The van der Waals surface area contributed by atoms with Crippen molar-refractivity contribution < 1.29 is 18.0 Å². The molecule has 0 aliphatic carbocycles. The lowest BCUT2D eigenvalue weighted by Gasteiger charge is -2.07.